The summed E-state index contributed by atoms with van der Waals surface area (Å²) < 4.78 is 0. The zero-order valence-corrected chi connectivity index (χ0v) is 6.16. The molecule has 7 heavy (non-hydrogen) atoms. The van der Waals surface area contributed by atoms with Crippen molar-refractivity contribution in [2.75, 3.05) is 5.33 Å². The molecule has 0 aromatic rings. The van der Waals surface area contributed by atoms with Gasteiger partial charge >= 0.3 is 0 Å². The summed E-state index contributed by atoms with van der Waals surface area (Å²) >= 11 is 3.19. The molecule has 0 unspecified atom stereocenters. The van der Waals surface area contributed by atoms with Crippen LogP contribution in [0.1, 0.15) is 13.8 Å². The summed E-state index contributed by atoms with van der Waals surface area (Å²) in [4.78, 5) is 10.3. The maximum Gasteiger partial charge on any atom is 0.133 e. The van der Waals surface area contributed by atoms with Crippen LogP contribution in [0.4, 0.5) is 0 Å². The number of hydrogen-bond acceptors (Lipinski definition) is 1. The molecule has 0 aliphatic rings. The Morgan fingerprint density at radius 1 is 1.86 bits per heavy atom. The van der Waals surface area contributed by atoms with Gasteiger partial charge in [0.2, 0.25) is 0 Å². The van der Waals surface area contributed by atoms with E-state index in [1.807, 2.05) is 6.92 Å². The summed E-state index contributed by atoms with van der Waals surface area (Å²) in [7, 11) is 0. The summed E-state index contributed by atoms with van der Waals surface area (Å²) in [6, 6.07) is 0. The summed E-state index contributed by atoms with van der Waals surface area (Å²) in [6.45, 7) is 3.50. The Morgan fingerprint density at radius 2 is 2.29 bits per heavy atom. The topological polar surface area (TPSA) is 17.1 Å². The minimum absolute atomic E-state index is 0.181. The molecule has 0 aliphatic carbocycles. The van der Waals surface area contributed by atoms with Gasteiger partial charge in [0.1, 0.15) is 5.78 Å². The van der Waals surface area contributed by atoms with Crippen LogP contribution in [0.25, 0.3) is 0 Å². The molecule has 0 heterocycles. The third-order valence-corrected chi connectivity index (χ3v) is 1.90. The molecule has 0 rings (SSSR count). The van der Waals surface area contributed by atoms with Crippen molar-refractivity contribution in [2.45, 2.75) is 13.8 Å². The molecule has 0 fully saturated rings. The van der Waals surface area contributed by atoms with Gasteiger partial charge < -0.3 is 0 Å². The Hall–Kier alpha value is 0.150. The second-order valence-electron chi connectivity index (χ2n) is 1.67. The van der Waals surface area contributed by atoms with E-state index in [0.29, 0.717) is 0 Å². The minimum atomic E-state index is 0.181. The lowest BCUT2D eigenvalue weighted by atomic mass is 10.1. The van der Waals surface area contributed by atoms with Crippen molar-refractivity contribution in [2.24, 2.45) is 5.92 Å². The number of carbonyl (C=O) groups excluding carboxylic acids is 1. The fraction of sp³-hybridized carbons (Fsp3) is 0.800. The Morgan fingerprint density at radius 3 is 2.29 bits per heavy atom. The van der Waals surface area contributed by atoms with Gasteiger partial charge in [-0.05, 0) is 6.92 Å². The van der Waals surface area contributed by atoms with E-state index in [2.05, 4.69) is 15.9 Å². The largest absolute Gasteiger partial charge is 0.300 e. The summed E-state index contributed by atoms with van der Waals surface area (Å²) in [5, 5.41) is 0.780. The number of alkyl halides is 1. The number of ketones is 1. The average Bonchev–Trinajstić information content (AvgIpc) is 1.65. The lowest BCUT2D eigenvalue weighted by Gasteiger charge is -1.97. The third-order valence-electron chi connectivity index (χ3n) is 0.925. The Bertz CT molecular complexity index is 70.5. The fourth-order valence-corrected chi connectivity index (χ4v) is 0.565. The molecule has 0 saturated carbocycles. The highest BCUT2D eigenvalue weighted by Gasteiger charge is 2.02. The van der Waals surface area contributed by atoms with E-state index in [1.165, 1.54) is 0 Å². The number of rotatable bonds is 2. The molecular weight excluding hydrogens is 156 g/mol. The van der Waals surface area contributed by atoms with E-state index in [0.717, 1.165) is 5.33 Å². The SMILES string of the molecule is CC(=O)[C@H](C)CBr. The molecule has 42 valence electrons. The smallest absolute Gasteiger partial charge is 0.133 e. The zero-order valence-electron chi connectivity index (χ0n) is 4.57. The molecule has 0 radical (unpaired) electrons. The van der Waals surface area contributed by atoms with Crippen molar-refractivity contribution in [1.29, 1.82) is 0 Å². The second kappa shape index (κ2) is 3.19. The highest BCUT2D eigenvalue weighted by atomic mass is 79.9. The minimum Gasteiger partial charge on any atom is -0.300 e. The molecule has 0 N–H and O–H groups in total. The highest BCUT2D eigenvalue weighted by Crippen LogP contribution is 1.99. The van der Waals surface area contributed by atoms with Gasteiger partial charge in [-0.15, -0.1) is 0 Å². The number of halogens is 1. The van der Waals surface area contributed by atoms with Crippen LogP contribution in [0, 0.1) is 5.92 Å². The molecular formula is C5H9BrO. The fourth-order valence-electron chi connectivity index (χ4n) is 0.109. The molecule has 0 aromatic heterocycles. The van der Waals surface area contributed by atoms with E-state index >= 15 is 0 Å². The van der Waals surface area contributed by atoms with Crippen molar-refractivity contribution in [1.82, 2.24) is 0 Å². The predicted molar refractivity (Wildman–Crippen MR) is 33.6 cm³/mol. The number of Topliss-reactive ketones (excluding diaryl/α,β-unsaturated/α-hetero) is 1. The van der Waals surface area contributed by atoms with Crippen molar-refractivity contribution < 1.29 is 4.79 Å². The summed E-state index contributed by atoms with van der Waals surface area (Å²) in [5.74, 6) is 0.428. The van der Waals surface area contributed by atoms with E-state index in [1.54, 1.807) is 6.92 Å². The van der Waals surface area contributed by atoms with Gasteiger partial charge in [0.25, 0.3) is 0 Å². The molecule has 0 aromatic carbocycles. The summed E-state index contributed by atoms with van der Waals surface area (Å²) in [6.07, 6.45) is 0. The second-order valence-corrected chi connectivity index (χ2v) is 2.31. The van der Waals surface area contributed by atoms with E-state index < -0.39 is 0 Å². The summed E-state index contributed by atoms with van der Waals surface area (Å²) in [5.41, 5.74) is 0. The van der Waals surface area contributed by atoms with Crippen LogP contribution in [-0.4, -0.2) is 11.1 Å². The van der Waals surface area contributed by atoms with Crippen molar-refractivity contribution in [3.8, 4) is 0 Å². The van der Waals surface area contributed by atoms with Gasteiger partial charge in [0, 0.05) is 11.2 Å². The number of carbonyl (C=O) groups is 1. The van der Waals surface area contributed by atoms with E-state index in [9.17, 15) is 4.79 Å². The first-order chi connectivity index (χ1) is 3.18. The highest BCUT2D eigenvalue weighted by molar-refractivity contribution is 9.09. The third kappa shape index (κ3) is 2.80. The quantitative estimate of drug-likeness (QED) is 0.568. The van der Waals surface area contributed by atoms with E-state index in [-0.39, 0.29) is 11.7 Å². The first kappa shape index (κ1) is 7.15. The molecule has 0 bridgehead atoms. The molecule has 1 nitrogen and oxygen atoms in total. The van der Waals surface area contributed by atoms with Crippen LogP contribution in [0.5, 0.6) is 0 Å². The molecule has 0 amide bonds. The van der Waals surface area contributed by atoms with Crippen molar-refractivity contribution in [3.05, 3.63) is 0 Å². The van der Waals surface area contributed by atoms with Gasteiger partial charge in [-0.3, -0.25) is 4.79 Å². The molecule has 0 saturated heterocycles. The van der Waals surface area contributed by atoms with Crippen LogP contribution >= 0.6 is 15.9 Å². The molecule has 1 atom stereocenters. The van der Waals surface area contributed by atoms with Crippen LogP contribution < -0.4 is 0 Å². The van der Waals surface area contributed by atoms with Gasteiger partial charge in [-0.1, -0.05) is 22.9 Å². The maximum atomic E-state index is 10.3. The Labute approximate surface area is 52.2 Å². The Balaban J connectivity index is 3.34. The van der Waals surface area contributed by atoms with Crippen LogP contribution in [0.15, 0.2) is 0 Å². The van der Waals surface area contributed by atoms with Gasteiger partial charge in [-0.2, -0.15) is 0 Å². The standard InChI is InChI=1S/C5H9BrO/c1-4(3-6)5(2)7/h4H,3H2,1-2H3/t4-/m1/s1. The van der Waals surface area contributed by atoms with Crippen LogP contribution in [-0.2, 0) is 4.79 Å². The predicted octanol–water partition coefficient (Wildman–Crippen LogP) is 1.61. The lowest BCUT2D eigenvalue weighted by Crippen LogP contribution is -2.06. The average molecular weight is 165 g/mol. The Kier molecular flexibility index (Phi) is 3.26. The monoisotopic (exact) mass is 164 g/mol. The van der Waals surface area contributed by atoms with Crippen LogP contribution in [0.2, 0.25) is 0 Å². The maximum absolute atomic E-state index is 10.3. The first-order valence-corrected chi connectivity index (χ1v) is 3.37. The van der Waals surface area contributed by atoms with Gasteiger partial charge in [0.05, 0.1) is 0 Å². The zero-order chi connectivity index (χ0) is 5.86. The lowest BCUT2D eigenvalue weighted by molar-refractivity contribution is -0.119. The number of hydrogen-bond donors (Lipinski definition) is 0. The van der Waals surface area contributed by atoms with Crippen molar-refractivity contribution >= 4 is 21.7 Å². The van der Waals surface area contributed by atoms with Gasteiger partial charge in [0.15, 0.2) is 0 Å². The molecule has 0 spiro atoms. The van der Waals surface area contributed by atoms with Crippen molar-refractivity contribution in [3.63, 3.8) is 0 Å². The van der Waals surface area contributed by atoms with Crippen LogP contribution in [0.3, 0.4) is 0 Å². The first-order valence-electron chi connectivity index (χ1n) is 2.25. The molecule has 2 heteroatoms. The van der Waals surface area contributed by atoms with E-state index in [4.69, 9.17) is 0 Å². The van der Waals surface area contributed by atoms with Gasteiger partial charge in [-0.25, -0.2) is 0 Å². The molecule has 0 aliphatic heterocycles. The normalized spacial score (nSPS) is 13.6.